The molecule has 3 nitrogen and oxygen atoms in total. The molecule has 100 valence electrons. The molecule has 1 aromatic rings. The second-order valence-electron chi connectivity index (χ2n) is 5.25. The van der Waals surface area contributed by atoms with Crippen molar-refractivity contribution in [3.05, 3.63) is 23.9 Å². The van der Waals surface area contributed by atoms with E-state index in [-0.39, 0.29) is 0 Å². The Balaban J connectivity index is 1.88. The molecule has 1 N–H and O–H groups in total. The van der Waals surface area contributed by atoms with E-state index in [2.05, 4.69) is 24.1 Å². The molecule has 1 aliphatic rings. The minimum Gasteiger partial charge on any atom is -0.474 e. The van der Waals surface area contributed by atoms with Crippen molar-refractivity contribution in [2.45, 2.75) is 52.2 Å². The Morgan fingerprint density at radius 1 is 1.28 bits per heavy atom. The molecule has 1 aromatic heterocycles. The van der Waals surface area contributed by atoms with Crippen molar-refractivity contribution in [3.8, 4) is 5.88 Å². The van der Waals surface area contributed by atoms with Gasteiger partial charge in [-0.2, -0.15) is 0 Å². The van der Waals surface area contributed by atoms with Gasteiger partial charge in [0.05, 0.1) is 5.69 Å². The summed E-state index contributed by atoms with van der Waals surface area (Å²) in [7, 11) is 0. The van der Waals surface area contributed by atoms with Gasteiger partial charge in [0.2, 0.25) is 5.88 Å². The molecule has 1 fully saturated rings. The summed E-state index contributed by atoms with van der Waals surface area (Å²) < 4.78 is 5.99. The minimum absolute atomic E-state index is 0.364. The average Bonchev–Trinajstić information content (AvgIpc) is 2.40. The maximum absolute atomic E-state index is 5.99. The van der Waals surface area contributed by atoms with Crippen LogP contribution in [0.3, 0.4) is 0 Å². The first-order valence-corrected chi connectivity index (χ1v) is 7.11. The van der Waals surface area contributed by atoms with E-state index in [0.29, 0.717) is 6.10 Å². The van der Waals surface area contributed by atoms with Gasteiger partial charge in [0.1, 0.15) is 6.10 Å². The predicted octanol–water partition coefficient (Wildman–Crippen LogP) is 3.15. The quantitative estimate of drug-likeness (QED) is 0.869. The van der Waals surface area contributed by atoms with Gasteiger partial charge >= 0.3 is 0 Å². The molecule has 1 aliphatic carbocycles. The van der Waals surface area contributed by atoms with Crippen molar-refractivity contribution in [1.82, 2.24) is 10.3 Å². The lowest BCUT2D eigenvalue weighted by Gasteiger charge is -2.26. The lowest BCUT2D eigenvalue weighted by molar-refractivity contribution is 0.130. The van der Waals surface area contributed by atoms with E-state index >= 15 is 0 Å². The van der Waals surface area contributed by atoms with Crippen LogP contribution in [0.1, 0.15) is 45.2 Å². The lowest BCUT2D eigenvalue weighted by Crippen LogP contribution is -2.23. The molecule has 1 saturated carbocycles. The SMILES string of the molecule is CCNCc1cccc(OC2CCC(C)CC2)n1. The predicted molar refractivity (Wildman–Crippen MR) is 73.7 cm³/mol. The van der Waals surface area contributed by atoms with E-state index in [0.717, 1.165) is 30.6 Å². The fourth-order valence-electron chi connectivity index (χ4n) is 2.39. The van der Waals surface area contributed by atoms with Crippen LogP contribution in [0.25, 0.3) is 0 Å². The van der Waals surface area contributed by atoms with Gasteiger partial charge in [0.15, 0.2) is 0 Å². The monoisotopic (exact) mass is 248 g/mol. The van der Waals surface area contributed by atoms with Crippen LogP contribution in [-0.4, -0.2) is 17.6 Å². The van der Waals surface area contributed by atoms with Crippen LogP contribution >= 0.6 is 0 Å². The zero-order valence-corrected chi connectivity index (χ0v) is 11.5. The number of hydrogen-bond donors (Lipinski definition) is 1. The van der Waals surface area contributed by atoms with Gasteiger partial charge in [-0.15, -0.1) is 0 Å². The summed E-state index contributed by atoms with van der Waals surface area (Å²) in [6, 6.07) is 6.03. The van der Waals surface area contributed by atoms with Gasteiger partial charge in [0.25, 0.3) is 0 Å². The summed E-state index contributed by atoms with van der Waals surface area (Å²) in [6.45, 7) is 6.21. The Morgan fingerprint density at radius 2 is 2.06 bits per heavy atom. The van der Waals surface area contributed by atoms with Crippen LogP contribution in [0.15, 0.2) is 18.2 Å². The number of nitrogens with zero attached hydrogens (tertiary/aromatic N) is 1. The Kier molecular flexibility index (Phi) is 5.00. The van der Waals surface area contributed by atoms with Gasteiger partial charge in [-0.05, 0) is 44.2 Å². The average molecular weight is 248 g/mol. The third-order valence-corrected chi connectivity index (χ3v) is 3.59. The second kappa shape index (κ2) is 6.74. The number of pyridine rings is 1. The first-order chi connectivity index (χ1) is 8.78. The molecule has 1 heterocycles. The molecule has 3 heteroatoms. The van der Waals surface area contributed by atoms with Gasteiger partial charge in [0, 0.05) is 12.6 Å². The van der Waals surface area contributed by atoms with Gasteiger partial charge in [-0.3, -0.25) is 0 Å². The first-order valence-electron chi connectivity index (χ1n) is 7.11. The summed E-state index contributed by atoms with van der Waals surface area (Å²) >= 11 is 0. The number of ether oxygens (including phenoxy) is 1. The molecule has 18 heavy (non-hydrogen) atoms. The Bertz CT molecular complexity index is 359. The molecule has 0 saturated heterocycles. The van der Waals surface area contributed by atoms with Crippen LogP contribution in [0.5, 0.6) is 5.88 Å². The molecule has 0 aromatic carbocycles. The fraction of sp³-hybridized carbons (Fsp3) is 0.667. The van der Waals surface area contributed by atoms with E-state index in [1.165, 1.54) is 25.7 Å². The number of nitrogens with one attached hydrogen (secondary N) is 1. The Labute approximate surface area is 110 Å². The molecular formula is C15H24N2O. The van der Waals surface area contributed by atoms with E-state index < -0.39 is 0 Å². The summed E-state index contributed by atoms with van der Waals surface area (Å²) in [5.74, 6) is 1.64. The topological polar surface area (TPSA) is 34.1 Å². The summed E-state index contributed by atoms with van der Waals surface area (Å²) in [5, 5.41) is 3.28. The first kappa shape index (κ1) is 13.3. The van der Waals surface area contributed by atoms with Crippen LogP contribution < -0.4 is 10.1 Å². The molecule has 0 bridgehead atoms. The highest BCUT2D eigenvalue weighted by Crippen LogP contribution is 2.26. The third kappa shape index (κ3) is 3.98. The van der Waals surface area contributed by atoms with Crippen LogP contribution in [-0.2, 0) is 6.54 Å². The van der Waals surface area contributed by atoms with Crippen molar-refractivity contribution < 1.29 is 4.74 Å². The van der Waals surface area contributed by atoms with Crippen molar-refractivity contribution >= 4 is 0 Å². The zero-order valence-electron chi connectivity index (χ0n) is 11.5. The highest BCUT2D eigenvalue weighted by Gasteiger charge is 2.19. The highest BCUT2D eigenvalue weighted by atomic mass is 16.5. The molecule has 0 spiro atoms. The fourth-order valence-corrected chi connectivity index (χ4v) is 2.39. The van der Waals surface area contributed by atoms with E-state index in [1.54, 1.807) is 0 Å². The normalized spacial score (nSPS) is 23.9. The molecule has 0 amide bonds. The van der Waals surface area contributed by atoms with Crippen LogP contribution in [0.4, 0.5) is 0 Å². The molecule has 0 aliphatic heterocycles. The molecule has 2 rings (SSSR count). The molecule has 0 atom stereocenters. The number of hydrogen-bond acceptors (Lipinski definition) is 3. The van der Waals surface area contributed by atoms with Gasteiger partial charge in [-0.1, -0.05) is 19.9 Å². The maximum Gasteiger partial charge on any atom is 0.213 e. The van der Waals surface area contributed by atoms with Gasteiger partial charge < -0.3 is 10.1 Å². The zero-order chi connectivity index (χ0) is 12.8. The molecule has 0 unspecified atom stereocenters. The van der Waals surface area contributed by atoms with Crippen molar-refractivity contribution in [2.75, 3.05) is 6.54 Å². The summed E-state index contributed by atoms with van der Waals surface area (Å²) in [4.78, 5) is 4.54. The van der Waals surface area contributed by atoms with Gasteiger partial charge in [-0.25, -0.2) is 4.98 Å². The van der Waals surface area contributed by atoms with E-state index in [1.807, 2.05) is 18.2 Å². The summed E-state index contributed by atoms with van der Waals surface area (Å²) in [5.41, 5.74) is 1.05. The smallest absolute Gasteiger partial charge is 0.213 e. The highest BCUT2D eigenvalue weighted by molar-refractivity contribution is 5.16. The van der Waals surface area contributed by atoms with Crippen molar-refractivity contribution in [2.24, 2.45) is 5.92 Å². The minimum atomic E-state index is 0.364. The standard InChI is InChI=1S/C15H24N2O/c1-3-16-11-13-5-4-6-15(17-13)18-14-9-7-12(2)8-10-14/h4-6,12,14,16H,3,7-11H2,1-2H3. The lowest BCUT2D eigenvalue weighted by atomic mass is 9.89. The summed E-state index contributed by atoms with van der Waals surface area (Å²) in [6.07, 6.45) is 5.26. The largest absolute Gasteiger partial charge is 0.474 e. The number of rotatable bonds is 5. The van der Waals surface area contributed by atoms with Crippen molar-refractivity contribution in [1.29, 1.82) is 0 Å². The third-order valence-electron chi connectivity index (χ3n) is 3.59. The molecule has 0 radical (unpaired) electrons. The van der Waals surface area contributed by atoms with E-state index in [9.17, 15) is 0 Å². The number of aromatic nitrogens is 1. The maximum atomic E-state index is 5.99. The van der Waals surface area contributed by atoms with Crippen LogP contribution in [0, 0.1) is 5.92 Å². The second-order valence-corrected chi connectivity index (χ2v) is 5.25. The van der Waals surface area contributed by atoms with Crippen molar-refractivity contribution in [3.63, 3.8) is 0 Å². The Hall–Kier alpha value is -1.09. The Morgan fingerprint density at radius 3 is 2.78 bits per heavy atom. The van der Waals surface area contributed by atoms with Crippen LogP contribution in [0.2, 0.25) is 0 Å². The van der Waals surface area contributed by atoms with E-state index in [4.69, 9.17) is 4.74 Å². The molecular weight excluding hydrogens is 224 g/mol.